The molecule has 1 aliphatic carbocycles. The Hall–Kier alpha value is -0.650. The van der Waals surface area contributed by atoms with Gasteiger partial charge in [0.1, 0.15) is 0 Å². The fraction of sp³-hybridized carbons (Fsp3) is 0.917. The Morgan fingerprint density at radius 2 is 2.12 bits per heavy atom. The van der Waals surface area contributed by atoms with E-state index in [0.717, 1.165) is 0 Å². The molecule has 0 saturated heterocycles. The van der Waals surface area contributed by atoms with Crippen molar-refractivity contribution in [2.24, 2.45) is 0 Å². The highest BCUT2D eigenvalue weighted by Crippen LogP contribution is 2.18. The number of nitrogens with zero attached hydrogens (tertiary/aromatic N) is 1. The van der Waals surface area contributed by atoms with Crippen LogP contribution in [-0.2, 0) is 14.3 Å². The van der Waals surface area contributed by atoms with Gasteiger partial charge < -0.3 is 19.7 Å². The Kier molecular flexibility index (Phi) is 6.47. The number of carbonyl (C=O) groups excluding carboxylic acids is 1. The van der Waals surface area contributed by atoms with Gasteiger partial charge in [0, 0.05) is 26.8 Å². The first-order valence-corrected chi connectivity index (χ1v) is 6.19. The molecule has 1 amide bonds. The lowest BCUT2D eigenvalue weighted by Crippen LogP contribution is -2.47. The molecule has 0 spiro atoms. The SMILES string of the molecule is COCCN(C(=O)CNC1CC1)C(C)COC. The van der Waals surface area contributed by atoms with Crippen molar-refractivity contribution in [3.05, 3.63) is 0 Å². The summed E-state index contributed by atoms with van der Waals surface area (Å²) in [7, 11) is 3.30. The Bertz CT molecular complexity index is 232. The normalized spacial score (nSPS) is 16.9. The van der Waals surface area contributed by atoms with Crippen molar-refractivity contribution >= 4 is 5.91 Å². The van der Waals surface area contributed by atoms with Crippen LogP contribution in [0.15, 0.2) is 0 Å². The second-order valence-electron chi connectivity index (χ2n) is 4.54. The molecule has 1 unspecified atom stereocenters. The standard InChI is InChI=1S/C12H24N2O3/c1-10(9-17-3)14(6-7-16-2)12(15)8-13-11-4-5-11/h10-11,13H,4-9H2,1-3H3. The first-order chi connectivity index (χ1) is 8.19. The summed E-state index contributed by atoms with van der Waals surface area (Å²) in [5.74, 6) is 0.124. The Balaban J connectivity index is 2.37. The van der Waals surface area contributed by atoms with E-state index in [1.165, 1.54) is 12.8 Å². The predicted molar refractivity (Wildman–Crippen MR) is 66.0 cm³/mol. The number of hydrogen-bond acceptors (Lipinski definition) is 4. The molecular formula is C12H24N2O3. The molecule has 0 radical (unpaired) electrons. The molecule has 1 aliphatic rings. The van der Waals surface area contributed by atoms with Crippen molar-refractivity contribution in [1.82, 2.24) is 10.2 Å². The Labute approximate surface area is 103 Å². The minimum absolute atomic E-state index is 0.0867. The first kappa shape index (κ1) is 14.4. The van der Waals surface area contributed by atoms with Crippen LogP contribution in [0.4, 0.5) is 0 Å². The van der Waals surface area contributed by atoms with Gasteiger partial charge in [0.2, 0.25) is 5.91 Å². The summed E-state index contributed by atoms with van der Waals surface area (Å²) in [6.45, 7) is 4.14. The highest BCUT2D eigenvalue weighted by molar-refractivity contribution is 5.78. The average Bonchev–Trinajstić information content (AvgIpc) is 3.11. The first-order valence-electron chi connectivity index (χ1n) is 6.19. The zero-order chi connectivity index (χ0) is 12.7. The van der Waals surface area contributed by atoms with E-state index in [4.69, 9.17) is 9.47 Å². The summed E-state index contributed by atoms with van der Waals surface area (Å²) in [5.41, 5.74) is 0. The summed E-state index contributed by atoms with van der Waals surface area (Å²) in [6.07, 6.45) is 2.39. The number of nitrogens with one attached hydrogen (secondary N) is 1. The van der Waals surface area contributed by atoms with Crippen molar-refractivity contribution in [1.29, 1.82) is 0 Å². The third-order valence-corrected chi connectivity index (χ3v) is 2.92. The number of methoxy groups -OCH3 is 2. The summed E-state index contributed by atoms with van der Waals surface area (Å²) < 4.78 is 10.1. The topological polar surface area (TPSA) is 50.8 Å². The average molecular weight is 244 g/mol. The molecule has 0 bridgehead atoms. The molecule has 5 nitrogen and oxygen atoms in total. The van der Waals surface area contributed by atoms with E-state index >= 15 is 0 Å². The minimum atomic E-state index is 0.0867. The van der Waals surface area contributed by atoms with Gasteiger partial charge in [-0.2, -0.15) is 0 Å². The van der Waals surface area contributed by atoms with Gasteiger partial charge in [0.05, 0.1) is 25.8 Å². The number of rotatable bonds is 9. The van der Waals surface area contributed by atoms with E-state index in [-0.39, 0.29) is 11.9 Å². The van der Waals surface area contributed by atoms with Crippen LogP contribution in [0.1, 0.15) is 19.8 Å². The second kappa shape index (κ2) is 7.63. The summed E-state index contributed by atoms with van der Waals surface area (Å²) in [4.78, 5) is 13.9. The van der Waals surface area contributed by atoms with Crippen LogP contribution in [0, 0.1) is 0 Å². The largest absolute Gasteiger partial charge is 0.383 e. The molecule has 100 valence electrons. The van der Waals surface area contributed by atoms with Crippen molar-refractivity contribution in [2.45, 2.75) is 31.8 Å². The van der Waals surface area contributed by atoms with Crippen molar-refractivity contribution in [3.8, 4) is 0 Å². The van der Waals surface area contributed by atoms with E-state index in [1.54, 1.807) is 14.2 Å². The van der Waals surface area contributed by atoms with Crippen LogP contribution in [-0.4, -0.2) is 63.4 Å². The highest BCUT2D eigenvalue weighted by atomic mass is 16.5. The van der Waals surface area contributed by atoms with E-state index in [0.29, 0.717) is 32.3 Å². The zero-order valence-electron chi connectivity index (χ0n) is 11.1. The molecule has 1 fully saturated rings. The molecule has 0 heterocycles. The summed E-state index contributed by atoms with van der Waals surface area (Å²) in [5, 5.41) is 3.24. The van der Waals surface area contributed by atoms with E-state index in [2.05, 4.69) is 5.32 Å². The summed E-state index contributed by atoms with van der Waals surface area (Å²) >= 11 is 0. The van der Waals surface area contributed by atoms with Crippen molar-refractivity contribution in [3.63, 3.8) is 0 Å². The Morgan fingerprint density at radius 1 is 1.41 bits per heavy atom. The van der Waals surface area contributed by atoms with Gasteiger partial charge >= 0.3 is 0 Å². The van der Waals surface area contributed by atoms with Crippen LogP contribution in [0.3, 0.4) is 0 Å². The molecule has 0 aromatic rings. The fourth-order valence-corrected chi connectivity index (χ4v) is 1.73. The van der Waals surface area contributed by atoms with Crippen molar-refractivity contribution in [2.75, 3.05) is 40.5 Å². The predicted octanol–water partition coefficient (Wildman–Crippen LogP) is 0.248. The molecule has 1 saturated carbocycles. The van der Waals surface area contributed by atoms with Crippen LogP contribution >= 0.6 is 0 Å². The lowest BCUT2D eigenvalue weighted by atomic mass is 10.3. The van der Waals surface area contributed by atoms with Crippen LogP contribution < -0.4 is 5.32 Å². The van der Waals surface area contributed by atoms with Gasteiger partial charge in [-0.05, 0) is 19.8 Å². The zero-order valence-corrected chi connectivity index (χ0v) is 11.1. The molecular weight excluding hydrogens is 220 g/mol. The van der Waals surface area contributed by atoms with Crippen LogP contribution in [0.5, 0.6) is 0 Å². The second-order valence-corrected chi connectivity index (χ2v) is 4.54. The van der Waals surface area contributed by atoms with Crippen LogP contribution in [0.2, 0.25) is 0 Å². The van der Waals surface area contributed by atoms with E-state index in [1.807, 2.05) is 11.8 Å². The van der Waals surface area contributed by atoms with Gasteiger partial charge in [-0.1, -0.05) is 0 Å². The molecule has 1 N–H and O–H groups in total. The number of ether oxygens (including phenoxy) is 2. The minimum Gasteiger partial charge on any atom is -0.383 e. The van der Waals surface area contributed by atoms with Crippen molar-refractivity contribution < 1.29 is 14.3 Å². The molecule has 0 aromatic carbocycles. The Morgan fingerprint density at radius 3 is 2.65 bits per heavy atom. The fourth-order valence-electron chi connectivity index (χ4n) is 1.73. The maximum atomic E-state index is 12.0. The van der Waals surface area contributed by atoms with Gasteiger partial charge in [-0.3, -0.25) is 4.79 Å². The molecule has 5 heteroatoms. The number of amides is 1. The molecule has 0 aromatic heterocycles. The molecule has 17 heavy (non-hydrogen) atoms. The molecule has 0 aliphatic heterocycles. The number of hydrogen-bond donors (Lipinski definition) is 1. The van der Waals surface area contributed by atoms with Crippen LogP contribution in [0.25, 0.3) is 0 Å². The highest BCUT2D eigenvalue weighted by Gasteiger charge is 2.24. The molecule has 1 atom stereocenters. The lowest BCUT2D eigenvalue weighted by Gasteiger charge is -2.28. The maximum absolute atomic E-state index is 12.0. The lowest BCUT2D eigenvalue weighted by molar-refractivity contribution is -0.134. The third kappa shape index (κ3) is 5.48. The van der Waals surface area contributed by atoms with Gasteiger partial charge in [0.15, 0.2) is 0 Å². The van der Waals surface area contributed by atoms with E-state index < -0.39 is 0 Å². The van der Waals surface area contributed by atoms with Gasteiger partial charge in [0.25, 0.3) is 0 Å². The monoisotopic (exact) mass is 244 g/mol. The smallest absolute Gasteiger partial charge is 0.236 e. The summed E-state index contributed by atoms with van der Waals surface area (Å²) in [6, 6.07) is 0.643. The van der Waals surface area contributed by atoms with E-state index in [9.17, 15) is 4.79 Å². The maximum Gasteiger partial charge on any atom is 0.236 e. The number of carbonyl (C=O) groups is 1. The molecule has 1 rings (SSSR count). The van der Waals surface area contributed by atoms with Gasteiger partial charge in [-0.25, -0.2) is 0 Å². The van der Waals surface area contributed by atoms with Gasteiger partial charge in [-0.15, -0.1) is 0 Å². The quantitative estimate of drug-likeness (QED) is 0.631. The third-order valence-electron chi connectivity index (χ3n) is 2.92.